The van der Waals surface area contributed by atoms with Crippen LogP contribution >= 0.6 is 0 Å². The van der Waals surface area contributed by atoms with Crippen molar-refractivity contribution in [3.8, 4) is 0 Å². The van der Waals surface area contributed by atoms with Crippen molar-refractivity contribution < 1.29 is 17.7 Å². The zero-order chi connectivity index (χ0) is 17.9. The van der Waals surface area contributed by atoms with Gasteiger partial charge in [0.25, 0.3) is 0 Å². The van der Waals surface area contributed by atoms with Gasteiger partial charge in [0.1, 0.15) is 10.6 Å². The summed E-state index contributed by atoms with van der Waals surface area (Å²) in [5, 5.41) is 3.26. The minimum Gasteiger partial charge on any atom is -0.598 e. The van der Waals surface area contributed by atoms with Crippen molar-refractivity contribution in [3.05, 3.63) is 35.1 Å². The van der Waals surface area contributed by atoms with E-state index in [2.05, 4.69) is 10.0 Å². The van der Waals surface area contributed by atoms with Crippen molar-refractivity contribution in [2.24, 2.45) is 5.92 Å². The molecule has 0 amide bonds. The van der Waals surface area contributed by atoms with Gasteiger partial charge in [0.15, 0.2) is 11.6 Å². The minimum atomic E-state index is -1.32. The van der Waals surface area contributed by atoms with Crippen molar-refractivity contribution in [1.82, 2.24) is 10.0 Å². The Labute approximate surface area is 144 Å². The molecule has 0 spiro atoms. The molecule has 0 bridgehead atoms. The van der Waals surface area contributed by atoms with Crippen LogP contribution in [0.1, 0.15) is 39.2 Å². The van der Waals surface area contributed by atoms with E-state index in [9.17, 15) is 17.7 Å². The third kappa shape index (κ3) is 5.12. The highest BCUT2D eigenvalue weighted by Crippen LogP contribution is 2.25. The van der Waals surface area contributed by atoms with Gasteiger partial charge in [0.2, 0.25) is 0 Å². The Morgan fingerprint density at radius 1 is 1.17 bits per heavy atom. The Hall–Kier alpha value is -0.760. The normalized spacial score (nSPS) is 19.3. The van der Waals surface area contributed by atoms with E-state index in [1.54, 1.807) is 0 Å². The van der Waals surface area contributed by atoms with Crippen LogP contribution in [0.2, 0.25) is 0 Å². The summed E-state index contributed by atoms with van der Waals surface area (Å²) in [6.45, 7) is 7.24. The monoisotopic (exact) mass is 362 g/mol. The Morgan fingerprint density at radius 2 is 1.75 bits per heavy atom. The second kappa shape index (κ2) is 8.08. The minimum absolute atomic E-state index is 0.107. The fourth-order valence-electron chi connectivity index (χ4n) is 2.82. The summed E-state index contributed by atoms with van der Waals surface area (Å²) in [6.07, 6.45) is 1.91. The molecule has 0 radical (unpaired) electrons. The van der Waals surface area contributed by atoms with Gasteiger partial charge in [-0.05, 0) is 70.7 Å². The van der Waals surface area contributed by atoms with Crippen LogP contribution in [0.4, 0.5) is 13.2 Å². The van der Waals surface area contributed by atoms with Crippen LogP contribution in [0.15, 0.2) is 12.1 Å². The molecule has 2 atom stereocenters. The Balaban J connectivity index is 2.20. The van der Waals surface area contributed by atoms with E-state index in [1.807, 2.05) is 20.8 Å². The third-order valence-corrected chi connectivity index (χ3v) is 5.93. The van der Waals surface area contributed by atoms with E-state index in [0.717, 1.165) is 32.0 Å². The van der Waals surface area contributed by atoms with E-state index in [0.29, 0.717) is 6.07 Å². The van der Waals surface area contributed by atoms with Gasteiger partial charge >= 0.3 is 0 Å². The first-order valence-corrected chi connectivity index (χ1v) is 9.35. The lowest BCUT2D eigenvalue weighted by Gasteiger charge is -2.34. The SMILES string of the molecule is CC(C)(C)[S@+]([O-])N[C@H](Cc1cc(F)c(F)cc1F)C1CCNCC1. The Bertz CT molecular complexity index is 560. The van der Waals surface area contributed by atoms with Gasteiger partial charge in [-0.15, -0.1) is 4.72 Å². The molecule has 0 unspecified atom stereocenters. The predicted molar refractivity (Wildman–Crippen MR) is 90.4 cm³/mol. The molecule has 1 aliphatic heterocycles. The molecular formula is C17H25F3N2OS. The number of benzene rings is 1. The van der Waals surface area contributed by atoms with Gasteiger partial charge < -0.3 is 9.87 Å². The second-order valence-electron chi connectivity index (χ2n) is 7.25. The highest BCUT2D eigenvalue weighted by Gasteiger charge is 2.34. The number of rotatable bonds is 5. The maximum absolute atomic E-state index is 14.0. The second-order valence-corrected chi connectivity index (χ2v) is 9.25. The molecule has 0 aliphatic carbocycles. The van der Waals surface area contributed by atoms with Gasteiger partial charge in [0, 0.05) is 17.4 Å². The van der Waals surface area contributed by atoms with Crippen LogP contribution in [0.5, 0.6) is 0 Å². The smallest absolute Gasteiger partial charge is 0.161 e. The molecule has 3 nitrogen and oxygen atoms in total. The van der Waals surface area contributed by atoms with Crippen molar-refractivity contribution in [2.45, 2.75) is 50.8 Å². The first-order chi connectivity index (χ1) is 11.2. The fraction of sp³-hybridized carbons (Fsp3) is 0.647. The summed E-state index contributed by atoms with van der Waals surface area (Å²) < 4.78 is 55.7. The highest BCUT2D eigenvalue weighted by atomic mass is 32.2. The number of hydrogen-bond donors (Lipinski definition) is 2. The summed E-state index contributed by atoms with van der Waals surface area (Å²) in [5.41, 5.74) is 0.107. The Morgan fingerprint density at radius 3 is 2.33 bits per heavy atom. The lowest BCUT2D eigenvalue weighted by atomic mass is 9.87. The van der Waals surface area contributed by atoms with E-state index < -0.39 is 33.6 Å². The molecule has 7 heteroatoms. The topological polar surface area (TPSA) is 47.1 Å². The standard InChI is InChI=1S/C17H25F3N2OS/c1-17(2,3)24(23)22-16(11-4-6-21-7-5-11)9-12-8-14(19)15(20)10-13(12)18/h8,10-11,16,21-22H,4-7,9H2,1-3H3/t16-,24+/m1/s1. The van der Waals surface area contributed by atoms with Crippen LogP contribution < -0.4 is 10.0 Å². The maximum atomic E-state index is 14.0. The first-order valence-electron chi connectivity index (χ1n) is 8.20. The molecule has 1 fully saturated rings. The van der Waals surface area contributed by atoms with Gasteiger partial charge in [-0.1, -0.05) is 0 Å². The third-order valence-electron chi connectivity index (χ3n) is 4.30. The van der Waals surface area contributed by atoms with Crippen molar-refractivity contribution >= 4 is 11.4 Å². The van der Waals surface area contributed by atoms with E-state index in [1.165, 1.54) is 0 Å². The van der Waals surface area contributed by atoms with Crippen LogP contribution in [0.3, 0.4) is 0 Å². The van der Waals surface area contributed by atoms with Gasteiger partial charge in [-0.2, -0.15) is 0 Å². The largest absolute Gasteiger partial charge is 0.598 e. The summed E-state index contributed by atoms with van der Waals surface area (Å²) >= 11 is -1.32. The molecule has 1 saturated heterocycles. The quantitative estimate of drug-likeness (QED) is 0.625. The number of halogens is 3. The lowest BCUT2D eigenvalue weighted by molar-refractivity contribution is 0.297. The average molecular weight is 362 g/mol. The van der Waals surface area contributed by atoms with Gasteiger partial charge in [-0.3, -0.25) is 0 Å². The summed E-state index contributed by atoms with van der Waals surface area (Å²) in [5.74, 6) is -2.82. The van der Waals surface area contributed by atoms with Gasteiger partial charge in [-0.25, -0.2) is 13.2 Å². The molecule has 24 heavy (non-hydrogen) atoms. The Kier molecular flexibility index (Phi) is 6.59. The van der Waals surface area contributed by atoms with E-state index >= 15 is 0 Å². The summed E-state index contributed by atoms with van der Waals surface area (Å²) in [4.78, 5) is 0. The molecule has 2 rings (SSSR count). The zero-order valence-electron chi connectivity index (χ0n) is 14.3. The maximum Gasteiger partial charge on any atom is 0.161 e. The van der Waals surface area contributed by atoms with Crippen LogP contribution in [0.25, 0.3) is 0 Å². The van der Waals surface area contributed by atoms with Crippen LogP contribution in [-0.2, 0) is 17.8 Å². The molecule has 1 aromatic carbocycles. The lowest BCUT2D eigenvalue weighted by Crippen LogP contribution is -2.50. The molecule has 0 saturated carbocycles. The number of piperidine rings is 1. The summed E-state index contributed by atoms with van der Waals surface area (Å²) in [6, 6.07) is 1.22. The van der Waals surface area contributed by atoms with Crippen molar-refractivity contribution in [2.75, 3.05) is 13.1 Å². The van der Waals surface area contributed by atoms with E-state index in [-0.39, 0.29) is 23.9 Å². The molecule has 1 heterocycles. The number of hydrogen-bond acceptors (Lipinski definition) is 3. The predicted octanol–water partition coefficient (Wildman–Crippen LogP) is 3.07. The van der Waals surface area contributed by atoms with E-state index in [4.69, 9.17) is 0 Å². The highest BCUT2D eigenvalue weighted by molar-refractivity contribution is 7.90. The molecule has 1 aliphatic rings. The molecule has 2 N–H and O–H groups in total. The molecule has 0 aromatic heterocycles. The average Bonchev–Trinajstić information content (AvgIpc) is 2.51. The van der Waals surface area contributed by atoms with Crippen molar-refractivity contribution in [1.29, 1.82) is 0 Å². The van der Waals surface area contributed by atoms with Crippen molar-refractivity contribution in [3.63, 3.8) is 0 Å². The fourth-order valence-corrected chi connectivity index (χ4v) is 3.73. The number of nitrogens with one attached hydrogen (secondary N) is 2. The summed E-state index contributed by atoms with van der Waals surface area (Å²) in [7, 11) is 0. The molecule has 1 aromatic rings. The zero-order valence-corrected chi connectivity index (χ0v) is 15.1. The van der Waals surface area contributed by atoms with Gasteiger partial charge in [0.05, 0.1) is 6.04 Å². The first kappa shape index (κ1) is 19.6. The molecule has 136 valence electrons. The molecular weight excluding hydrogens is 337 g/mol. The van der Waals surface area contributed by atoms with Crippen LogP contribution in [-0.4, -0.2) is 28.4 Å². The van der Waals surface area contributed by atoms with Crippen LogP contribution in [0, 0.1) is 23.4 Å².